The van der Waals surface area contributed by atoms with Gasteiger partial charge in [-0.2, -0.15) is 4.98 Å². The number of pyridine rings is 1. The maximum absolute atomic E-state index is 14.1. The number of halogens is 1. The summed E-state index contributed by atoms with van der Waals surface area (Å²) in [6.07, 6.45) is 3.07. The van der Waals surface area contributed by atoms with Gasteiger partial charge >= 0.3 is 5.69 Å². The van der Waals surface area contributed by atoms with Crippen molar-refractivity contribution in [2.75, 3.05) is 24.5 Å². The van der Waals surface area contributed by atoms with Gasteiger partial charge in [0.2, 0.25) is 5.91 Å². The molecule has 41 heavy (non-hydrogen) atoms. The van der Waals surface area contributed by atoms with Gasteiger partial charge in [-0.1, -0.05) is 50.2 Å². The fraction of sp³-hybridized carbons (Fsp3) is 0.290. The van der Waals surface area contributed by atoms with E-state index in [0.717, 1.165) is 27.7 Å². The second kappa shape index (κ2) is 10.6. The molecule has 0 bridgehead atoms. The number of piperazine rings is 1. The molecule has 1 fully saturated rings. The van der Waals surface area contributed by atoms with Crippen LogP contribution in [0.3, 0.4) is 0 Å². The van der Waals surface area contributed by atoms with Crippen molar-refractivity contribution >= 4 is 48.8 Å². The first-order valence-corrected chi connectivity index (χ1v) is 14.6. The van der Waals surface area contributed by atoms with E-state index in [2.05, 4.69) is 30.7 Å². The van der Waals surface area contributed by atoms with Crippen molar-refractivity contribution in [1.82, 2.24) is 19.4 Å². The molecule has 4 aromatic rings. The Bertz CT molecular complexity index is 1790. The first-order chi connectivity index (χ1) is 19.7. The lowest BCUT2D eigenvalue weighted by atomic mass is 9.94. The lowest BCUT2D eigenvalue weighted by molar-refractivity contribution is -0.126. The molecule has 8 nitrogen and oxygen atoms in total. The Morgan fingerprint density at radius 2 is 2.02 bits per heavy atom. The number of ether oxygens (including phenoxy) is 1. The number of hydrogen-bond donors (Lipinski definition) is 0. The van der Waals surface area contributed by atoms with Crippen LogP contribution in [0, 0.1) is 0 Å². The number of fused-ring (bicyclic) bond motifs is 5. The standard InChI is InChI=1S/C31H31ClN5O3P/c1-5-24(38)35-12-13-36(18(4)15-35)30-20-14-21(32)26-25-19(8-6-10-23(25)41)16-40-29(26)28(20)37(31(39)34-30)22-9-7-11-33-27(22)17(2)3/h5-11,14,17-18H,1,12-13,15-16,41H2,2-4H3/t18-/m0/s1. The second-order valence-corrected chi connectivity index (χ2v) is 11.8. The summed E-state index contributed by atoms with van der Waals surface area (Å²) in [5.41, 5.74) is 4.37. The number of anilines is 1. The number of rotatable bonds is 4. The lowest BCUT2D eigenvalue weighted by Crippen LogP contribution is -2.54. The van der Waals surface area contributed by atoms with E-state index in [4.69, 9.17) is 16.3 Å². The number of carbonyl (C=O) groups is 1. The number of benzene rings is 2. The molecule has 6 rings (SSSR count). The van der Waals surface area contributed by atoms with E-state index < -0.39 is 5.69 Å². The molecule has 0 spiro atoms. The summed E-state index contributed by atoms with van der Waals surface area (Å²) in [6, 6.07) is 11.6. The van der Waals surface area contributed by atoms with Gasteiger partial charge in [-0.15, -0.1) is 9.24 Å². The average molecular weight is 588 g/mol. The van der Waals surface area contributed by atoms with E-state index in [1.165, 1.54) is 6.08 Å². The highest BCUT2D eigenvalue weighted by Crippen LogP contribution is 2.48. The first kappa shape index (κ1) is 27.4. The van der Waals surface area contributed by atoms with Crippen LogP contribution in [-0.2, 0) is 11.4 Å². The molecule has 10 heteroatoms. The minimum atomic E-state index is -0.433. The van der Waals surface area contributed by atoms with Crippen molar-refractivity contribution in [3.63, 3.8) is 0 Å². The van der Waals surface area contributed by atoms with Crippen LogP contribution < -0.4 is 20.6 Å². The smallest absolute Gasteiger partial charge is 0.354 e. The van der Waals surface area contributed by atoms with Crippen LogP contribution in [0.15, 0.2) is 60.0 Å². The van der Waals surface area contributed by atoms with Gasteiger partial charge < -0.3 is 14.5 Å². The van der Waals surface area contributed by atoms with Gasteiger partial charge in [-0.05, 0) is 48.0 Å². The molecule has 2 aromatic carbocycles. The SMILES string of the molecule is C=CC(=O)N1CCN(c2nc(=O)n(-c3cccnc3C(C)C)c3c4c(c(Cl)cc23)-c2c(P)cccc2CO4)[C@@H](C)C1. The zero-order chi connectivity index (χ0) is 29.0. The number of amides is 1. The van der Waals surface area contributed by atoms with E-state index in [1.54, 1.807) is 15.7 Å². The highest BCUT2D eigenvalue weighted by molar-refractivity contribution is 7.28. The summed E-state index contributed by atoms with van der Waals surface area (Å²) in [4.78, 5) is 39.6. The first-order valence-electron chi connectivity index (χ1n) is 13.6. The highest BCUT2D eigenvalue weighted by Gasteiger charge is 2.33. The zero-order valence-corrected chi connectivity index (χ0v) is 25.1. The van der Waals surface area contributed by atoms with Gasteiger partial charge in [0, 0.05) is 48.4 Å². The Labute approximate surface area is 245 Å². The van der Waals surface area contributed by atoms with Crippen molar-refractivity contribution < 1.29 is 9.53 Å². The number of carbonyl (C=O) groups excluding carboxylic acids is 1. The Kier molecular flexibility index (Phi) is 7.08. The molecular formula is C31H31ClN5O3P. The average Bonchev–Trinajstić information content (AvgIpc) is 2.96. The summed E-state index contributed by atoms with van der Waals surface area (Å²) in [5.74, 6) is 1.02. The Morgan fingerprint density at radius 3 is 2.76 bits per heavy atom. The third kappa shape index (κ3) is 4.50. The third-order valence-electron chi connectivity index (χ3n) is 7.86. The number of nitrogens with zero attached hydrogens (tertiary/aromatic N) is 5. The molecule has 1 saturated heterocycles. The molecule has 0 radical (unpaired) electrons. The fourth-order valence-electron chi connectivity index (χ4n) is 5.96. The molecule has 0 aliphatic carbocycles. The van der Waals surface area contributed by atoms with E-state index in [0.29, 0.717) is 59.4 Å². The molecular weight excluding hydrogens is 557 g/mol. The van der Waals surface area contributed by atoms with Crippen molar-refractivity contribution in [1.29, 1.82) is 0 Å². The molecule has 0 saturated carbocycles. The van der Waals surface area contributed by atoms with Crippen molar-refractivity contribution in [2.24, 2.45) is 0 Å². The quantitative estimate of drug-likeness (QED) is 0.251. The normalized spacial score (nSPS) is 16.4. The summed E-state index contributed by atoms with van der Waals surface area (Å²) in [7, 11) is 2.79. The molecule has 210 valence electrons. The Balaban J connectivity index is 1.68. The van der Waals surface area contributed by atoms with Gasteiger partial charge in [-0.3, -0.25) is 14.3 Å². The molecule has 1 unspecified atom stereocenters. The summed E-state index contributed by atoms with van der Waals surface area (Å²) >= 11 is 7.07. The predicted octanol–water partition coefficient (Wildman–Crippen LogP) is 4.84. The van der Waals surface area contributed by atoms with Gasteiger partial charge in [-0.25, -0.2) is 4.79 Å². The second-order valence-electron chi connectivity index (χ2n) is 10.8. The van der Waals surface area contributed by atoms with Gasteiger partial charge in [0.25, 0.3) is 0 Å². The summed E-state index contributed by atoms with van der Waals surface area (Å²) in [5, 5.41) is 2.21. The minimum Gasteiger partial charge on any atom is -0.486 e. The molecule has 2 aromatic heterocycles. The zero-order valence-electron chi connectivity index (χ0n) is 23.2. The van der Waals surface area contributed by atoms with Crippen molar-refractivity contribution in [2.45, 2.75) is 39.3 Å². The third-order valence-corrected chi connectivity index (χ3v) is 8.64. The lowest BCUT2D eigenvalue weighted by Gasteiger charge is -2.40. The number of hydrogen-bond acceptors (Lipinski definition) is 6. The van der Waals surface area contributed by atoms with Crippen LogP contribution in [-0.4, -0.2) is 51.0 Å². The molecule has 2 atom stereocenters. The van der Waals surface area contributed by atoms with Crippen molar-refractivity contribution in [3.8, 4) is 22.6 Å². The van der Waals surface area contributed by atoms with E-state index in [-0.39, 0.29) is 17.9 Å². The van der Waals surface area contributed by atoms with Gasteiger partial charge in [0.05, 0.1) is 16.4 Å². The molecule has 2 aliphatic rings. The Hall–Kier alpha value is -3.74. The van der Waals surface area contributed by atoms with Crippen LogP contribution in [0.1, 0.15) is 37.9 Å². The maximum Gasteiger partial charge on any atom is 0.354 e. The molecule has 4 heterocycles. The monoisotopic (exact) mass is 587 g/mol. The van der Waals surface area contributed by atoms with Crippen molar-refractivity contribution in [3.05, 3.63) is 82.0 Å². The minimum absolute atomic E-state index is 0.0618. The largest absolute Gasteiger partial charge is 0.486 e. The fourth-order valence-corrected chi connectivity index (χ4v) is 6.69. The van der Waals surface area contributed by atoms with Crippen LogP contribution in [0.25, 0.3) is 27.7 Å². The van der Waals surface area contributed by atoms with Crippen LogP contribution in [0.2, 0.25) is 5.02 Å². The predicted molar refractivity (Wildman–Crippen MR) is 167 cm³/mol. The topological polar surface area (TPSA) is 80.6 Å². The van der Waals surface area contributed by atoms with Crippen LogP contribution >= 0.6 is 20.8 Å². The molecule has 2 aliphatic heterocycles. The summed E-state index contributed by atoms with van der Waals surface area (Å²) in [6.45, 7) is 11.6. The van der Waals surface area contributed by atoms with Crippen LogP contribution in [0.4, 0.5) is 5.82 Å². The van der Waals surface area contributed by atoms with E-state index in [1.807, 2.05) is 57.2 Å². The highest BCUT2D eigenvalue weighted by atomic mass is 35.5. The van der Waals surface area contributed by atoms with E-state index >= 15 is 0 Å². The Morgan fingerprint density at radius 1 is 1.22 bits per heavy atom. The molecule has 1 amide bonds. The van der Waals surface area contributed by atoms with E-state index in [9.17, 15) is 9.59 Å². The number of aromatic nitrogens is 3. The summed E-state index contributed by atoms with van der Waals surface area (Å²) < 4.78 is 8.08. The van der Waals surface area contributed by atoms with Gasteiger partial charge in [0.15, 0.2) is 5.75 Å². The molecule has 0 N–H and O–H groups in total. The van der Waals surface area contributed by atoms with Gasteiger partial charge in [0.1, 0.15) is 17.9 Å². The van der Waals surface area contributed by atoms with Crippen LogP contribution in [0.5, 0.6) is 5.75 Å². The maximum atomic E-state index is 14.1.